The third-order valence-electron chi connectivity index (χ3n) is 16.2. The van der Waals surface area contributed by atoms with E-state index in [2.05, 4.69) is 86.8 Å². The summed E-state index contributed by atoms with van der Waals surface area (Å²) in [5.41, 5.74) is 11.3. The monoisotopic (exact) mass is 1240 g/mol. The molecule has 470 valence electrons. The molecule has 0 aromatic heterocycles. The van der Waals surface area contributed by atoms with Gasteiger partial charge in [-0.2, -0.15) is 0 Å². The quantitative estimate of drug-likeness (QED) is 0.0358. The number of carbonyl (C=O) groups is 3. The zero-order valence-electron chi connectivity index (χ0n) is 49.8. The number of nitrogens with one attached hydrogen (secondary N) is 1. The van der Waals surface area contributed by atoms with Gasteiger partial charge in [0.2, 0.25) is 0 Å². The number of aliphatic hydroxyl groups excluding tert-OH is 1. The Morgan fingerprint density at radius 2 is 0.869 bits per heavy atom. The number of hydrogen-bond acceptors (Lipinski definition) is 21. The van der Waals surface area contributed by atoms with Crippen LogP contribution in [0.5, 0.6) is 17.2 Å². The number of halogens is 1. The highest BCUT2D eigenvalue weighted by molar-refractivity contribution is 9.10. The standard InChI is InChI=1S/C19H27N3O5.C19H29N3O3.C13H14BrNO5.C6H14N2.C2H6O.CH4/c1-3-20-8-10-21(11-9-20)16-12-15(14-6-4-5-7-14)18(27-19(23)26-2)13-17(16)22(24)25;1-3-21-8-10-22(11-9-21)17-12-15(14-6-4-5-7-14)18(13-16(17)20)25-19(23)24-2;1-19-13(16)20-12-7-11(15(17)18)10(14)6-9(12)8-4-2-3-5-8;1-2-8-5-3-7-4-6-8;1-2-3;/h12-14H,3-11H2,1-2H3;12-14H,3-11,20H2,1-2H3;6-8H,2-5H2,1H3;7H,2-6H2,1H3;3H,2H2,1H3;1H4. The van der Waals surface area contributed by atoms with Crippen molar-refractivity contribution >= 4 is 62.8 Å². The molecule has 0 unspecified atom stereocenters. The molecule has 0 amide bonds. The van der Waals surface area contributed by atoms with Crippen LogP contribution < -0.4 is 35.1 Å². The minimum Gasteiger partial charge on any atom is -0.437 e. The first kappa shape index (κ1) is 70.4. The molecule has 3 heterocycles. The molecule has 0 spiro atoms. The second-order valence-corrected chi connectivity index (χ2v) is 22.0. The molecule has 6 fully saturated rings. The van der Waals surface area contributed by atoms with Crippen molar-refractivity contribution < 1.29 is 57.8 Å². The van der Waals surface area contributed by atoms with E-state index in [1.807, 2.05) is 6.07 Å². The number of nitrogen functional groups attached to an aromatic ring is 1. The molecule has 0 radical (unpaired) electrons. The Morgan fingerprint density at radius 1 is 0.548 bits per heavy atom. The SMILES string of the molecule is C.CCN1CCN(c2cc(C3CCCC3)c(OC(=O)OC)cc2N)CC1.CCN1CCN(c2cc(C3CCCC3)c(OC(=O)OC)cc2[N+](=O)[O-])CC1.CCN1CCNCC1.CCO.COC(=O)Oc1cc([N+](=O)[O-])c(Br)cc1C1CCCC1. The number of nitro benzene ring substituents is 2. The Kier molecular flexibility index (Phi) is 30.8. The van der Waals surface area contributed by atoms with Crippen molar-refractivity contribution in [1.29, 1.82) is 0 Å². The third kappa shape index (κ3) is 20.9. The van der Waals surface area contributed by atoms with E-state index in [9.17, 15) is 34.6 Å². The molecule has 3 aliphatic carbocycles. The number of likely N-dealkylation sites (N-methyl/N-ethyl adjacent to an activating group) is 3. The molecule has 3 aromatic rings. The summed E-state index contributed by atoms with van der Waals surface area (Å²) in [6.45, 7) is 23.9. The van der Waals surface area contributed by atoms with Crippen LogP contribution in [0.25, 0.3) is 0 Å². The topological polar surface area (TPSA) is 267 Å². The van der Waals surface area contributed by atoms with E-state index in [0.717, 1.165) is 152 Å². The Balaban J connectivity index is 0.000000248. The molecule has 23 nitrogen and oxygen atoms in total. The third-order valence-corrected chi connectivity index (χ3v) is 16.8. The van der Waals surface area contributed by atoms with Crippen molar-refractivity contribution in [2.24, 2.45) is 0 Å². The molecule has 3 saturated carbocycles. The molecule has 3 aromatic carbocycles. The minimum absolute atomic E-state index is 0. The molecule has 9 rings (SSSR count). The molecular formula is C60H94BrN9O14. The molecule has 84 heavy (non-hydrogen) atoms. The lowest BCUT2D eigenvalue weighted by molar-refractivity contribution is -0.385. The van der Waals surface area contributed by atoms with Crippen LogP contribution in [0, 0.1) is 20.2 Å². The number of piperazine rings is 3. The molecule has 0 bridgehead atoms. The molecule has 6 aliphatic rings. The highest BCUT2D eigenvalue weighted by Crippen LogP contribution is 2.46. The Hall–Kier alpha value is -6.05. The molecule has 3 aliphatic heterocycles. The van der Waals surface area contributed by atoms with Gasteiger partial charge in [0.05, 0.1) is 59.2 Å². The Morgan fingerprint density at radius 3 is 1.21 bits per heavy atom. The van der Waals surface area contributed by atoms with E-state index >= 15 is 0 Å². The van der Waals surface area contributed by atoms with Crippen molar-refractivity contribution in [3.8, 4) is 17.2 Å². The van der Waals surface area contributed by atoms with Gasteiger partial charge in [-0.15, -0.1) is 0 Å². The van der Waals surface area contributed by atoms with Crippen LogP contribution in [-0.2, 0) is 14.2 Å². The lowest BCUT2D eigenvalue weighted by atomic mass is 9.95. The molecule has 4 N–H and O–H groups in total. The average Bonchev–Trinajstić information content (AvgIpc) is 3.65. The predicted octanol–water partition coefficient (Wildman–Crippen LogP) is 11.5. The van der Waals surface area contributed by atoms with Gasteiger partial charge < -0.3 is 69.1 Å². The van der Waals surface area contributed by atoms with Gasteiger partial charge in [-0.25, -0.2) is 14.4 Å². The van der Waals surface area contributed by atoms with E-state index in [0.29, 0.717) is 27.5 Å². The maximum absolute atomic E-state index is 11.7. The van der Waals surface area contributed by atoms with Gasteiger partial charge in [-0.3, -0.25) is 20.2 Å². The molecular weight excluding hydrogens is 1150 g/mol. The van der Waals surface area contributed by atoms with Gasteiger partial charge in [0.1, 0.15) is 22.9 Å². The first-order valence-electron chi connectivity index (χ1n) is 29.5. The molecule has 0 atom stereocenters. The summed E-state index contributed by atoms with van der Waals surface area (Å²) in [5, 5.41) is 33.6. The lowest BCUT2D eigenvalue weighted by Crippen LogP contribution is -2.46. The van der Waals surface area contributed by atoms with Gasteiger partial charge in [0.15, 0.2) is 0 Å². The normalized spacial score (nSPS) is 17.7. The van der Waals surface area contributed by atoms with E-state index < -0.39 is 28.3 Å². The zero-order valence-corrected chi connectivity index (χ0v) is 51.4. The fourth-order valence-corrected chi connectivity index (χ4v) is 12.0. The van der Waals surface area contributed by atoms with Crippen LogP contribution in [0.3, 0.4) is 0 Å². The summed E-state index contributed by atoms with van der Waals surface area (Å²) >= 11 is 3.20. The summed E-state index contributed by atoms with van der Waals surface area (Å²) in [6, 6.07) is 10.2. The van der Waals surface area contributed by atoms with Crippen molar-refractivity contribution in [3.63, 3.8) is 0 Å². The van der Waals surface area contributed by atoms with Crippen molar-refractivity contribution in [2.45, 2.75) is 130 Å². The van der Waals surface area contributed by atoms with Gasteiger partial charge in [0.25, 0.3) is 11.4 Å². The summed E-state index contributed by atoms with van der Waals surface area (Å²) < 4.78 is 29.9. The van der Waals surface area contributed by atoms with Gasteiger partial charge >= 0.3 is 18.5 Å². The maximum Gasteiger partial charge on any atom is 0.513 e. The first-order chi connectivity index (χ1) is 40.0. The average molecular weight is 1250 g/mol. The number of hydrogen-bond donors (Lipinski definition) is 3. The van der Waals surface area contributed by atoms with Crippen molar-refractivity contribution in [2.75, 3.05) is 142 Å². The smallest absolute Gasteiger partial charge is 0.437 e. The number of aliphatic hydroxyl groups is 1. The number of rotatable bonds is 13. The number of anilines is 3. The van der Waals surface area contributed by atoms with Crippen molar-refractivity contribution in [1.82, 2.24) is 20.0 Å². The molecule has 3 saturated heterocycles. The summed E-state index contributed by atoms with van der Waals surface area (Å²) in [6.07, 6.45) is 10.7. The largest absolute Gasteiger partial charge is 0.513 e. The van der Waals surface area contributed by atoms with Crippen LogP contribution in [0.15, 0.2) is 40.9 Å². The summed E-state index contributed by atoms with van der Waals surface area (Å²) in [7, 11) is 3.75. The number of benzene rings is 3. The summed E-state index contributed by atoms with van der Waals surface area (Å²) in [5.74, 6) is 1.94. The van der Waals surface area contributed by atoms with Crippen LogP contribution >= 0.6 is 15.9 Å². The Labute approximate surface area is 505 Å². The van der Waals surface area contributed by atoms with E-state index in [-0.39, 0.29) is 48.7 Å². The second kappa shape index (κ2) is 36.7. The minimum atomic E-state index is -0.874. The first-order valence-corrected chi connectivity index (χ1v) is 30.3. The fraction of sp³-hybridized carbons (Fsp3) is 0.650. The number of carbonyl (C=O) groups excluding carboxylic acids is 3. The fourth-order valence-electron chi connectivity index (χ4n) is 11.5. The number of ether oxygens (including phenoxy) is 6. The van der Waals surface area contributed by atoms with Gasteiger partial charge in [-0.1, -0.05) is 66.7 Å². The zero-order chi connectivity index (χ0) is 60.4. The van der Waals surface area contributed by atoms with Crippen LogP contribution in [0.4, 0.5) is 42.8 Å². The van der Waals surface area contributed by atoms with Crippen LogP contribution in [-0.4, -0.2) is 174 Å². The van der Waals surface area contributed by atoms with E-state index in [4.69, 9.17) is 25.1 Å². The van der Waals surface area contributed by atoms with Gasteiger partial charge in [0, 0.05) is 102 Å². The highest BCUT2D eigenvalue weighted by Gasteiger charge is 2.32. The number of nitrogens with zero attached hydrogens (tertiary/aromatic N) is 7. The number of nitrogens with two attached hydrogens (primary N) is 1. The maximum atomic E-state index is 11.7. The highest BCUT2D eigenvalue weighted by atomic mass is 79.9. The molecule has 24 heteroatoms. The van der Waals surface area contributed by atoms with Gasteiger partial charge in [-0.05, 0) is 123 Å². The lowest BCUT2D eigenvalue weighted by Gasteiger charge is -2.36. The Bertz CT molecular complexity index is 2540. The van der Waals surface area contributed by atoms with E-state index in [1.165, 1.54) is 79.0 Å². The van der Waals surface area contributed by atoms with Crippen molar-refractivity contribution in [3.05, 3.63) is 77.8 Å². The van der Waals surface area contributed by atoms with Crippen LogP contribution in [0.1, 0.15) is 147 Å². The second-order valence-electron chi connectivity index (χ2n) is 21.1. The predicted molar refractivity (Wildman–Crippen MR) is 331 cm³/mol. The number of methoxy groups -OCH3 is 3. The number of nitro groups is 2. The summed E-state index contributed by atoms with van der Waals surface area (Å²) in [4.78, 5) is 68.0. The van der Waals surface area contributed by atoms with Crippen LogP contribution in [0.2, 0.25) is 0 Å². The van der Waals surface area contributed by atoms with E-state index in [1.54, 1.807) is 19.1 Å².